The molecule has 4 nitrogen and oxygen atoms in total. The van der Waals surface area contributed by atoms with E-state index in [0.29, 0.717) is 6.42 Å². The molecule has 1 N–H and O–H groups in total. The van der Waals surface area contributed by atoms with Crippen molar-refractivity contribution in [3.8, 4) is 0 Å². The van der Waals surface area contributed by atoms with Crippen LogP contribution in [0.4, 0.5) is 0 Å². The summed E-state index contributed by atoms with van der Waals surface area (Å²) in [5.74, 6) is 0.115. The second-order valence-electron chi connectivity index (χ2n) is 6.54. The van der Waals surface area contributed by atoms with Gasteiger partial charge in [0.2, 0.25) is 5.91 Å². The van der Waals surface area contributed by atoms with Crippen molar-refractivity contribution in [1.29, 1.82) is 0 Å². The Morgan fingerprint density at radius 3 is 2.48 bits per heavy atom. The van der Waals surface area contributed by atoms with Crippen LogP contribution in [0.1, 0.15) is 29.6 Å². The number of likely N-dealkylation sites (N-methyl/N-ethyl adjacent to an activating group) is 1. The van der Waals surface area contributed by atoms with Crippen LogP contribution in [0.2, 0.25) is 0 Å². The summed E-state index contributed by atoms with van der Waals surface area (Å²) in [5.41, 5.74) is 0. The Morgan fingerprint density at radius 1 is 1.16 bits per heavy atom. The van der Waals surface area contributed by atoms with Gasteiger partial charge in [-0.15, -0.1) is 22.7 Å². The molecule has 1 fully saturated rings. The van der Waals surface area contributed by atoms with Gasteiger partial charge in [-0.1, -0.05) is 19.1 Å². The van der Waals surface area contributed by atoms with Gasteiger partial charge < -0.3 is 10.2 Å². The number of rotatable bonds is 7. The van der Waals surface area contributed by atoms with Crippen molar-refractivity contribution in [2.24, 2.45) is 0 Å². The molecule has 0 radical (unpaired) electrons. The van der Waals surface area contributed by atoms with E-state index in [9.17, 15) is 4.79 Å². The number of carbonyl (C=O) groups is 1. The van der Waals surface area contributed by atoms with Crippen LogP contribution < -0.4 is 5.32 Å². The fourth-order valence-electron chi connectivity index (χ4n) is 3.52. The molecule has 0 aromatic carbocycles. The first-order valence-electron chi connectivity index (χ1n) is 8.99. The van der Waals surface area contributed by atoms with Crippen LogP contribution in [-0.4, -0.2) is 54.5 Å². The van der Waals surface area contributed by atoms with E-state index in [1.54, 1.807) is 22.7 Å². The zero-order chi connectivity index (χ0) is 17.6. The minimum atomic E-state index is 0.0966. The maximum absolute atomic E-state index is 12.4. The maximum Gasteiger partial charge on any atom is 0.225 e. The first kappa shape index (κ1) is 18.6. The molecule has 0 saturated carbocycles. The molecule has 136 valence electrons. The lowest BCUT2D eigenvalue weighted by Gasteiger charge is -2.41. The number of piperazine rings is 1. The fourth-order valence-corrected chi connectivity index (χ4v) is 5.18. The van der Waals surface area contributed by atoms with E-state index < -0.39 is 0 Å². The third-order valence-electron chi connectivity index (χ3n) is 4.86. The van der Waals surface area contributed by atoms with Gasteiger partial charge in [-0.25, -0.2) is 0 Å². The van der Waals surface area contributed by atoms with Crippen molar-refractivity contribution in [2.45, 2.75) is 32.4 Å². The van der Waals surface area contributed by atoms with E-state index in [1.165, 1.54) is 4.88 Å². The van der Waals surface area contributed by atoms with Crippen molar-refractivity contribution < 1.29 is 4.79 Å². The summed E-state index contributed by atoms with van der Waals surface area (Å²) in [7, 11) is 0. The molecule has 1 saturated heterocycles. The molecule has 0 unspecified atom stereocenters. The number of thiophene rings is 2. The average Bonchev–Trinajstić information content (AvgIpc) is 3.30. The summed E-state index contributed by atoms with van der Waals surface area (Å²) in [6, 6.07) is 8.68. The maximum atomic E-state index is 12.4. The SMILES string of the molecule is CCN1CCN([C@@H](c2cccs2)[C@H](C)NC(=O)Cc2cccs2)CC1. The van der Waals surface area contributed by atoms with Crippen LogP contribution in [0.5, 0.6) is 0 Å². The van der Waals surface area contributed by atoms with E-state index in [2.05, 4.69) is 46.5 Å². The number of carbonyl (C=O) groups excluding carboxylic acids is 1. The van der Waals surface area contributed by atoms with E-state index >= 15 is 0 Å². The van der Waals surface area contributed by atoms with Gasteiger partial charge in [0.05, 0.1) is 12.5 Å². The molecule has 2 atom stereocenters. The summed E-state index contributed by atoms with van der Waals surface area (Å²) in [6.45, 7) is 9.80. The number of nitrogens with zero attached hydrogens (tertiary/aromatic N) is 2. The molecule has 0 aliphatic carbocycles. The molecule has 1 aliphatic heterocycles. The predicted molar refractivity (Wildman–Crippen MR) is 106 cm³/mol. The van der Waals surface area contributed by atoms with Crippen LogP contribution in [0.3, 0.4) is 0 Å². The molecule has 3 rings (SSSR count). The minimum Gasteiger partial charge on any atom is -0.351 e. The lowest BCUT2D eigenvalue weighted by molar-refractivity contribution is -0.121. The number of amides is 1. The average molecular weight is 378 g/mol. The molecule has 25 heavy (non-hydrogen) atoms. The normalized spacial score (nSPS) is 18.8. The molecule has 1 aliphatic rings. The Labute approximate surface area is 158 Å². The number of hydrogen-bond acceptors (Lipinski definition) is 5. The fraction of sp³-hybridized carbons (Fsp3) is 0.526. The lowest BCUT2D eigenvalue weighted by Crippen LogP contribution is -2.52. The highest BCUT2D eigenvalue weighted by Crippen LogP contribution is 2.29. The van der Waals surface area contributed by atoms with Gasteiger partial charge in [0, 0.05) is 42.0 Å². The highest BCUT2D eigenvalue weighted by atomic mass is 32.1. The highest BCUT2D eigenvalue weighted by Gasteiger charge is 2.30. The third-order valence-corrected chi connectivity index (χ3v) is 6.68. The van der Waals surface area contributed by atoms with Crippen LogP contribution in [0.25, 0.3) is 0 Å². The minimum absolute atomic E-state index is 0.0966. The molecule has 0 spiro atoms. The van der Waals surface area contributed by atoms with Crippen LogP contribution in [0.15, 0.2) is 35.0 Å². The van der Waals surface area contributed by atoms with Crippen molar-refractivity contribution in [3.63, 3.8) is 0 Å². The topological polar surface area (TPSA) is 35.6 Å². The molecule has 0 bridgehead atoms. The third kappa shape index (κ3) is 4.91. The molecule has 2 aromatic heterocycles. The Bertz CT molecular complexity index is 634. The van der Waals surface area contributed by atoms with Crippen LogP contribution >= 0.6 is 22.7 Å². The second kappa shape index (κ2) is 8.94. The van der Waals surface area contributed by atoms with Gasteiger partial charge in [-0.05, 0) is 36.4 Å². The molecule has 1 amide bonds. The van der Waals surface area contributed by atoms with Crippen molar-refractivity contribution in [2.75, 3.05) is 32.7 Å². The first-order valence-corrected chi connectivity index (χ1v) is 10.7. The summed E-state index contributed by atoms with van der Waals surface area (Å²) < 4.78 is 0. The molecular formula is C19H27N3OS2. The predicted octanol–water partition coefficient (Wildman–Crippen LogP) is 3.24. The molecular weight excluding hydrogens is 350 g/mol. The standard InChI is InChI=1S/C19H27N3OS2/c1-3-21-8-10-22(11-9-21)19(17-7-5-13-25-17)15(2)20-18(23)14-16-6-4-12-24-16/h4-7,12-13,15,19H,3,8-11,14H2,1-2H3,(H,20,23)/t15-,19+/m0/s1. The largest absolute Gasteiger partial charge is 0.351 e. The smallest absolute Gasteiger partial charge is 0.225 e. The highest BCUT2D eigenvalue weighted by molar-refractivity contribution is 7.10. The number of hydrogen-bond donors (Lipinski definition) is 1. The van der Waals surface area contributed by atoms with Crippen molar-refractivity contribution in [3.05, 3.63) is 44.8 Å². The van der Waals surface area contributed by atoms with Gasteiger partial charge in [0.25, 0.3) is 0 Å². The Hall–Kier alpha value is -1.21. The quantitative estimate of drug-likeness (QED) is 0.805. The zero-order valence-corrected chi connectivity index (χ0v) is 16.6. The second-order valence-corrected chi connectivity index (χ2v) is 8.55. The summed E-state index contributed by atoms with van der Waals surface area (Å²) in [6.07, 6.45) is 0.475. The molecule has 3 heterocycles. The molecule has 6 heteroatoms. The zero-order valence-electron chi connectivity index (χ0n) is 15.0. The van der Waals surface area contributed by atoms with E-state index in [0.717, 1.165) is 37.6 Å². The first-order chi connectivity index (χ1) is 12.2. The summed E-state index contributed by atoms with van der Waals surface area (Å²) in [4.78, 5) is 19.9. The van der Waals surface area contributed by atoms with Crippen molar-refractivity contribution in [1.82, 2.24) is 15.1 Å². The van der Waals surface area contributed by atoms with Gasteiger partial charge >= 0.3 is 0 Å². The van der Waals surface area contributed by atoms with Crippen LogP contribution in [0, 0.1) is 0 Å². The van der Waals surface area contributed by atoms with Crippen molar-refractivity contribution >= 4 is 28.6 Å². The van der Waals surface area contributed by atoms with Crippen LogP contribution in [-0.2, 0) is 11.2 Å². The Morgan fingerprint density at radius 2 is 1.88 bits per heavy atom. The Balaban J connectivity index is 1.65. The summed E-state index contributed by atoms with van der Waals surface area (Å²) in [5, 5.41) is 7.40. The van der Waals surface area contributed by atoms with Gasteiger partial charge in [0.1, 0.15) is 0 Å². The van der Waals surface area contributed by atoms with E-state index in [1.807, 2.05) is 17.5 Å². The van der Waals surface area contributed by atoms with Gasteiger partial charge in [-0.2, -0.15) is 0 Å². The molecule has 2 aromatic rings. The summed E-state index contributed by atoms with van der Waals surface area (Å²) >= 11 is 3.43. The Kier molecular flexibility index (Phi) is 6.64. The van der Waals surface area contributed by atoms with Gasteiger partial charge in [-0.3, -0.25) is 9.69 Å². The van der Waals surface area contributed by atoms with E-state index in [4.69, 9.17) is 0 Å². The number of nitrogens with one attached hydrogen (secondary N) is 1. The van der Waals surface area contributed by atoms with E-state index in [-0.39, 0.29) is 18.0 Å². The van der Waals surface area contributed by atoms with Gasteiger partial charge in [0.15, 0.2) is 0 Å². The monoisotopic (exact) mass is 377 g/mol. The lowest BCUT2D eigenvalue weighted by atomic mass is 10.0.